The van der Waals surface area contributed by atoms with Crippen molar-refractivity contribution in [1.29, 1.82) is 0 Å². The zero-order chi connectivity index (χ0) is 8.39. The van der Waals surface area contributed by atoms with E-state index >= 15 is 0 Å². The highest BCUT2D eigenvalue weighted by Gasteiger charge is 2.29. The molecule has 0 amide bonds. The first-order chi connectivity index (χ1) is 5.88. The summed E-state index contributed by atoms with van der Waals surface area (Å²) in [5, 5.41) is 9.73. The molecule has 1 fully saturated rings. The summed E-state index contributed by atoms with van der Waals surface area (Å²) in [4.78, 5) is 0. The van der Waals surface area contributed by atoms with Crippen LogP contribution in [0.1, 0.15) is 19.3 Å². The van der Waals surface area contributed by atoms with E-state index in [1.54, 1.807) is 0 Å². The molecule has 68 valence electrons. The van der Waals surface area contributed by atoms with Crippen molar-refractivity contribution in [2.75, 3.05) is 13.2 Å². The summed E-state index contributed by atoms with van der Waals surface area (Å²) in [5.74, 6) is 0.710. The summed E-state index contributed by atoms with van der Waals surface area (Å²) in [6.07, 6.45) is 4.30. The van der Waals surface area contributed by atoms with Gasteiger partial charge >= 0.3 is 0 Å². The molecule has 2 atom stereocenters. The van der Waals surface area contributed by atoms with E-state index in [9.17, 15) is 5.11 Å². The van der Waals surface area contributed by atoms with Crippen LogP contribution in [0.4, 0.5) is 0 Å². The van der Waals surface area contributed by atoms with Gasteiger partial charge in [0.25, 0.3) is 0 Å². The molecule has 2 unspecified atom stereocenters. The monoisotopic (exact) mass is 170 g/mol. The van der Waals surface area contributed by atoms with Crippen molar-refractivity contribution < 1.29 is 14.6 Å². The second-order valence-corrected chi connectivity index (χ2v) is 3.24. The Balaban J connectivity index is 1.93. The number of ether oxygens (including phenoxy) is 2. The molecule has 2 aliphatic rings. The highest BCUT2D eigenvalue weighted by atomic mass is 16.5. The van der Waals surface area contributed by atoms with Crippen LogP contribution in [0.5, 0.6) is 0 Å². The minimum Gasteiger partial charge on any atom is -0.495 e. The van der Waals surface area contributed by atoms with Gasteiger partial charge in [0.05, 0.1) is 12.7 Å². The fraction of sp³-hybridized carbons (Fsp3) is 0.778. The van der Waals surface area contributed by atoms with Gasteiger partial charge in [-0.25, -0.2) is 0 Å². The highest BCUT2D eigenvalue weighted by Crippen LogP contribution is 2.23. The van der Waals surface area contributed by atoms with Crippen molar-refractivity contribution in [1.82, 2.24) is 0 Å². The van der Waals surface area contributed by atoms with E-state index in [4.69, 9.17) is 9.47 Å². The molecule has 0 bridgehead atoms. The van der Waals surface area contributed by atoms with Crippen molar-refractivity contribution in [3.8, 4) is 0 Å². The summed E-state index contributed by atoms with van der Waals surface area (Å²) in [6.45, 7) is 1.48. The van der Waals surface area contributed by atoms with Crippen LogP contribution in [0, 0.1) is 0 Å². The lowest BCUT2D eigenvalue weighted by Gasteiger charge is -2.17. The van der Waals surface area contributed by atoms with E-state index in [1.807, 2.05) is 6.08 Å². The maximum absolute atomic E-state index is 9.73. The molecule has 2 aliphatic heterocycles. The van der Waals surface area contributed by atoms with Gasteiger partial charge in [0.15, 0.2) is 0 Å². The van der Waals surface area contributed by atoms with Crippen LogP contribution in [0.15, 0.2) is 11.8 Å². The topological polar surface area (TPSA) is 38.7 Å². The first-order valence-electron chi connectivity index (χ1n) is 4.50. The van der Waals surface area contributed by atoms with E-state index < -0.39 is 6.10 Å². The molecule has 0 aromatic rings. The molecule has 2 heterocycles. The highest BCUT2D eigenvalue weighted by molar-refractivity contribution is 5.06. The SMILES string of the molecule is OC(C1=CCCO1)C1CCCO1. The largest absolute Gasteiger partial charge is 0.495 e. The fourth-order valence-electron chi connectivity index (χ4n) is 1.68. The van der Waals surface area contributed by atoms with Gasteiger partial charge in [-0.05, 0) is 18.9 Å². The van der Waals surface area contributed by atoms with Crippen molar-refractivity contribution in [3.05, 3.63) is 11.8 Å². The van der Waals surface area contributed by atoms with Crippen LogP contribution in [0.3, 0.4) is 0 Å². The van der Waals surface area contributed by atoms with Crippen molar-refractivity contribution >= 4 is 0 Å². The smallest absolute Gasteiger partial charge is 0.137 e. The lowest BCUT2D eigenvalue weighted by atomic mass is 10.1. The van der Waals surface area contributed by atoms with Crippen molar-refractivity contribution in [3.63, 3.8) is 0 Å². The summed E-state index contributed by atoms with van der Waals surface area (Å²) < 4.78 is 10.6. The molecular weight excluding hydrogens is 156 g/mol. The van der Waals surface area contributed by atoms with Gasteiger partial charge in [0.2, 0.25) is 0 Å². The van der Waals surface area contributed by atoms with Gasteiger partial charge < -0.3 is 14.6 Å². The molecular formula is C9H14O3. The van der Waals surface area contributed by atoms with Gasteiger partial charge in [0.1, 0.15) is 11.9 Å². The first kappa shape index (κ1) is 8.08. The minimum atomic E-state index is -0.532. The van der Waals surface area contributed by atoms with Crippen LogP contribution in [-0.2, 0) is 9.47 Å². The van der Waals surface area contributed by atoms with Gasteiger partial charge in [-0.2, -0.15) is 0 Å². The molecule has 0 spiro atoms. The maximum atomic E-state index is 9.73. The van der Waals surface area contributed by atoms with Crippen LogP contribution in [0.2, 0.25) is 0 Å². The predicted molar refractivity (Wildman–Crippen MR) is 43.6 cm³/mol. The van der Waals surface area contributed by atoms with E-state index in [-0.39, 0.29) is 6.10 Å². The standard InChI is InChI=1S/C9H14O3/c10-9(7-3-1-5-11-7)8-4-2-6-12-8/h3,8-10H,1-2,4-6H2. The Labute approximate surface area is 72.0 Å². The zero-order valence-electron chi connectivity index (χ0n) is 7.03. The van der Waals surface area contributed by atoms with E-state index in [0.717, 1.165) is 25.9 Å². The Bertz CT molecular complexity index is 182. The number of aliphatic hydroxyl groups is 1. The molecule has 0 aliphatic carbocycles. The Hall–Kier alpha value is -0.540. The second-order valence-electron chi connectivity index (χ2n) is 3.24. The molecule has 0 radical (unpaired) electrons. The average Bonchev–Trinajstić information content (AvgIpc) is 2.77. The normalized spacial score (nSPS) is 31.4. The fourth-order valence-corrected chi connectivity index (χ4v) is 1.68. The van der Waals surface area contributed by atoms with E-state index in [2.05, 4.69) is 0 Å². The molecule has 1 saturated heterocycles. The molecule has 3 nitrogen and oxygen atoms in total. The summed E-state index contributed by atoms with van der Waals surface area (Å²) >= 11 is 0. The second kappa shape index (κ2) is 3.46. The lowest BCUT2D eigenvalue weighted by molar-refractivity contribution is -0.00846. The summed E-state index contributed by atoms with van der Waals surface area (Å²) in [5.41, 5.74) is 0. The van der Waals surface area contributed by atoms with E-state index in [0.29, 0.717) is 12.4 Å². The van der Waals surface area contributed by atoms with Crippen LogP contribution in [-0.4, -0.2) is 30.5 Å². The van der Waals surface area contributed by atoms with Gasteiger partial charge in [-0.1, -0.05) is 0 Å². The Morgan fingerprint density at radius 3 is 3.00 bits per heavy atom. The molecule has 0 aromatic heterocycles. The molecule has 0 aromatic carbocycles. The number of aliphatic hydroxyl groups excluding tert-OH is 1. The van der Waals surface area contributed by atoms with Gasteiger partial charge in [-0.3, -0.25) is 0 Å². The van der Waals surface area contributed by atoms with Crippen LogP contribution in [0.25, 0.3) is 0 Å². The molecule has 0 saturated carbocycles. The first-order valence-corrected chi connectivity index (χ1v) is 4.50. The number of hydrogen-bond acceptors (Lipinski definition) is 3. The van der Waals surface area contributed by atoms with Crippen molar-refractivity contribution in [2.45, 2.75) is 31.5 Å². The Morgan fingerprint density at radius 1 is 1.50 bits per heavy atom. The van der Waals surface area contributed by atoms with Crippen molar-refractivity contribution in [2.24, 2.45) is 0 Å². The quantitative estimate of drug-likeness (QED) is 0.667. The Kier molecular flexibility index (Phi) is 2.33. The predicted octanol–water partition coefficient (Wildman–Crippen LogP) is 0.830. The average molecular weight is 170 g/mol. The minimum absolute atomic E-state index is 0.0330. The molecule has 1 N–H and O–H groups in total. The van der Waals surface area contributed by atoms with Crippen LogP contribution < -0.4 is 0 Å². The molecule has 2 rings (SSSR count). The maximum Gasteiger partial charge on any atom is 0.137 e. The third-order valence-corrected chi connectivity index (χ3v) is 2.34. The third-order valence-electron chi connectivity index (χ3n) is 2.34. The number of hydrogen-bond donors (Lipinski definition) is 1. The summed E-state index contributed by atoms with van der Waals surface area (Å²) in [6, 6.07) is 0. The summed E-state index contributed by atoms with van der Waals surface area (Å²) in [7, 11) is 0. The van der Waals surface area contributed by atoms with E-state index in [1.165, 1.54) is 0 Å². The molecule has 12 heavy (non-hydrogen) atoms. The van der Waals surface area contributed by atoms with Gasteiger partial charge in [0, 0.05) is 13.0 Å². The van der Waals surface area contributed by atoms with Crippen LogP contribution >= 0.6 is 0 Å². The van der Waals surface area contributed by atoms with Gasteiger partial charge in [-0.15, -0.1) is 0 Å². The lowest BCUT2D eigenvalue weighted by Crippen LogP contribution is -2.27. The zero-order valence-corrected chi connectivity index (χ0v) is 7.03. The Morgan fingerprint density at radius 2 is 2.42 bits per heavy atom. The third kappa shape index (κ3) is 1.47. The number of rotatable bonds is 2. The molecule has 3 heteroatoms.